The Morgan fingerprint density at radius 1 is 0.154 bits per heavy atom. The molecule has 362 valence electrons. The molecule has 0 amide bonds. The Labute approximate surface area is 451 Å². The van der Waals surface area contributed by atoms with E-state index >= 15 is 0 Å². The lowest BCUT2D eigenvalue weighted by molar-refractivity contribution is 1.33. The lowest BCUT2D eigenvalue weighted by atomic mass is 9.83. The van der Waals surface area contributed by atoms with Crippen LogP contribution in [0, 0.1) is 0 Å². The van der Waals surface area contributed by atoms with Crippen LogP contribution in [0.4, 0.5) is 34.1 Å². The lowest BCUT2D eigenvalue weighted by Gasteiger charge is -2.32. The van der Waals surface area contributed by atoms with Gasteiger partial charge in [-0.1, -0.05) is 255 Å². The van der Waals surface area contributed by atoms with Gasteiger partial charge in [0.05, 0.1) is 34.1 Å². The monoisotopic (exact) mass is 988 g/mol. The van der Waals surface area contributed by atoms with E-state index in [9.17, 15) is 0 Å². The maximum absolute atomic E-state index is 2.57. The number of rotatable bonds is 8. The largest absolute Gasteiger partial charge is 0.309 e. The van der Waals surface area contributed by atoms with Gasteiger partial charge in [0.15, 0.2) is 0 Å². The van der Waals surface area contributed by atoms with Crippen LogP contribution < -0.4 is 9.80 Å². The highest BCUT2D eigenvalue weighted by atomic mass is 15.2. The molecular weight excluding hydrogens is 941 g/mol. The molecule has 0 atom stereocenters. The van der Waals surface area contributed by atoms with Crippen LogP contribution in [0.15, 0.2) is 291 Å². The fourth-order valence-electron chi connectivity index (χ4n) is 13.1. The minimum absolute atomic E-state index is 1.12. The molecule has 0 radical (unpaired) electrons. The zero-order valence-corrected chi connectivity index (χ0v) is 42.6. The van der Waals surface area contributed by atoms with Gasteiger partial charge in [0.2, 0.25) is 0 Å². The summed E-state index contributed by atoms with van der Waals surface area (Å²) in [5.41, 5.74) is 11.5. The average Bonchev–Trinajstić information content (AvgIpc) is 3.70. The van der Waals surface area contributed by atoms with Crippen molar-refractivity contribution in [3.8, 4) is 22.3 Å². The van der Waals surface area contributed by atoms with Gasteiger partial charge in [-0.25, -0.2) is 0 Å². The Morgan fingerprint density at radius 2 is 0.397 bits per heavy atom. The second-order valence-electron chi connectivity index (χ2n) is 20.7. The van der Waals surface area contributed by atoms with Gasteiger partial charge in [0.25, 0.3) is 0 Å². The molecule has 0 fully saturated rings. The van der Waals surface area contributed by atoms with Crippen molar-refractivity contribution < 1.29 is 0 Å². The fraction of sp³-hybridized carbons (Fsp3) is 0. The number of anilines is 6. The minimum Gasteiger partial charge on any atom is -0.309 e. The first kappa shape index (κ1) is 44.1. The molecule has 0 N–H and O–H groups in total. The molecule has 0 spiro atoms. The molecule has 0 aliphatic carbocycles. The molecule has 2 nitrogen and oxygen atoms in total. The van der Waals surface area contributed by atoms with Crippen molar-refractivity contribution in [1.29, 1.82) is 0 Å². The van der Waals surface area contributed by atoms with Crippen LogP contribution in [-0.4, -0.2) is 0 Å². The summed E-state index contributed by atoms with van der Waals surface area (Å²) in [5.74, 6) is 0. The molecule has 16 aromatic carbocycles. The quantitative estimate of drug-likeness (QED) is 0.140. The third-order valence-corrected chi connectivity index (χ3v) is 16.5. The minimum atomic E-state index is 1.12. The van der Waals surface area contributed by atoms with E-state index in [-0.39, 0.29) is 0 Å². The average molecular weight is 989 g/mol. The van der Waals surface area contributed by atoms with Crippen LogP contribution in [0.1, 0.15) is 0 Å². The smallest absolute Gasteiger partial charge is 0.0547 e. The number of fused-ring (bicyclic) bond motifs is 6. The van der Waals surface area contributed by atoms with Crippen molar-refractivity contribution in [2.45, 2.75) is 0 Å². The third kappa shape index (κ3) is 6.77. The summed E-state index contributed by atoms with van der Waals surface area (Å²) in [6.07, 6.45) is 0. The second kappa shape index (κ2) is 17.7. The van der Waals surface area contributed by atoms with Gasteiger partial charge < -0.3 is 9.80 Å². The maximum Gasteiger partial charge on any atom is 0.0547 e. The van der Waals surface area contributed by atoms with Gasteiger partial charge in [-0.2, -0.15) is 0 Å². The molecule has 0 aliphatic rings. The Bertz CT molecular complexity index is 4560. The van der Waals surface area contributed by atoms with Crippen molar-refractivity contribution in [1.82, 2.24) is 0 Å². The predicted molar refractivity (Wildman–Crippen MR) is 335 cm³/mol. The summed E-state index contributed by atoms with van der Waals surface area (Å²) in [6.45, 7) is 0. The molecular formula is C76H48N2. The van der Waals surface area contributed by atoms with E-state index in [0.29, 0.717) is 0 Å². The fourth-order valence-corrected chi connectivity index (χ4v) is 13.1. The molecule has 0 saturated carbocycles. The van der Waals surface area contributed by atoms with Gasteiger partial charge in [-0.05, 0) is 113 Å². The molecule has 0 bridgehead atoms. The van der Waals surface area contributed by atoms with Crippen LogP contribution in [-0.2, 0) is 0 Å². The third-order valence-electron chi connectivity index (χ3n) is 16.5. The number of benzene rings is 16. The summed E-state index contributed by atoms with van der Waals surface area (Å²) < 4.78 is 0. The molecule has 2 heteroatoms. The summed E-state index contributed by atoms with van der Waals surface area (Å²) in [4.78, 5) is 5.13. The van der Waals surface area contributed by atoms with Crippen molar-refractivity contribution >= 4 is 131 Å². The summed E-state index contributed by atoms with van der Waals surface area (Å²) >= 11 is 0. The highest BCUT2D eigenvalue weighted by molar-refractivity contribution is 6.34. The van der Waals surface area contributed by atoms with Crippen LogP contribution >= 0.6 is 0 Å². The van der Waals surface area contributed by atoms with Crippen LogP contribution in [0.2, 0.25) is 0 Å². The predicted octanol–water partition coefficient (Wildman–Crippen LogP) is 21.8. The van der Waals surface area contributed by atoms with Crippen molar-refractivity contribution in [3.63, 3.8) is 0 Å². The Hall–Kier alpha value is -10.3. The first-order valence-corrected chi connectivity index (χ1v) is 27.0. The van der Waals surface area contributed by atoms with E-state index in [4.69, 9.17) is 0 Å². The molecule has 0 saturated heterocycles. The summed E-state index contributed by atoms with van der Waals surface area (Å²) in [6, 6.07) is 108. The number of nitrogens with zero attached hydrogens (tertiary/aromatic N) is 2. The van der Waals surface area contributed by atoms with E-state index in [1.165, 1.54) is 119 Å². The van der Waals surface area contributed by atoms with Crippen LogP contribution in [0.3, 0.4) is 0 Å². The Kier molecular flexibility index (Phi) is 9.98. The van der Waals surface area contributed by atoms with Gasteiger partial charge in [-0.3, -0.25) is 0 Å². The van der Waals surface area contributed by atoms with Crippen molar-refractivity contribution in [3.05, 3.63) is 291 Å². The van der Waals surface area contributed by atoms with Gasteiger partial charge >= 0.3 is 0 Å². The lowest BCUT2D eigenvalue weighted by Crippen LogP contribution is -2.13. The molecule has 78 heavy (non-hydrogen) atoms. The molecule has 0 heterocycles. The van der Waals surface area contributed by atoms with Crippen LogP contribution in [0.5, 0.6) is 0 Å². The maximum atomic E-state index is 2.57. The number of hydrogen-bond donors (Lipinski definition) is 0. The highest BCUT2D eigenvalue weighted by Gasteiger charge is 2.28. The van der Waals surface area contributed by atoms with Crippen LogP contribution in [0.25, 0.3) is 119 Å². The molecule has 0 unspecified atom stereocenters. The highest BCUT2D eigenvalue weighted by Crippen LogP contribution is 2.55. The van der Waals surface area contributed by atoms with Crippen molar-refractivity contribution in [2.75, 3.05) is 9.80 Å². The SMILES string of the molecule is c1ccc2c(-c3cc(N(c4cccc5ccccc45)c4cccc5ccccc45)c4ccc5c(-c6cccc7ccccc67)cc(N(c6cccc7ccccc67)c6cccc7ccccc67)c6ccc3c4c56)cccc2c1. The molecule has 0 aromatic heterocycles. The Balaban J connectivity index is 1.13. The summed E-state index contributed by atoms with van der Waals surface area (Å²) in [7, 11) is 0. The second-order valence-corrected chi connectivity index (χ2v) is 20.7. The molecule has 0 aliphatic heterocycles. The summed E-state index contributed by atoms with van der Waals surface area (Å²) in [5, 5.41) is 21.6. The molecule has 16 aromatic rings. The zero-order valence-electron chi connectivity index (χ0n) is 42.6. The standard InChI is InChI=1S/C76H48N2/c1-7-31-55-49(19-1)25-13-37-61(55)67-47-73(77(69-39-15-27-51-21-3-9-33-57(51)69)70-40-16-28-52-22-4-10-34-58(52)70)65-46-44-64-68(62-38-14-26-50-20-2-8-32-56(50)62)48-74(66-45-43-63(67)75(65)76(64)66)78(71-41-17-29-53-23-5-11-35-59(53)71)72-42-18-30-54-24-6-12-36-60(54)72/h1-48H. The van der Waals surface area contributed by atoms with E-state index in [1.54, 1.807) is 0 Å². The van der Waals surface area contributed by atoms with Gasteiger partial charge in [0, 0.05) is 43.1 Å². The van der Waals surface area contributed by atoms with E-state index in [2.05, 4.69) is 301 Å². The van der Waals surface area contributed by atoms with E-state index < -0.39 is 0 Å². The van der Waals surface area contributed by atoms with Gasteiger partial charge in [0.1, 0.15) is 0 Å². The van der Waals surface area contributed by atoms with Gasteiger partial charge in [-0.15, -0.1) is 0 Å². The molecule has 16 rings (SSSR count). The normalized spacial score (nSPS) is 11.8. The zero-order chi connectivity index (χ0) is 51.3. The van der Waals surface area contributed by atoms with E-state index in [0.717, 1.165) is 34.1 Å². The van der Waals surface area contributed by atoms with E-state index in [1.807, 2.05) is 0 Å². The Morgan fingerprint density at radius 3 is 0.718 bits per heavy atom. The first-order valence-electron chi connectivity index (χ1n) is 27.0. The number of hydrogen-bond acceptors (Lipinski definition) is 2. The first-order chi connectivity index (χ1) is 38.7. The van der Waals surface area contributed by atoms with Crippen molar-refractivity contribution in [2.24, 2.45) is 0 Å². The topological polar surface area (TPSA) is 6.48 Å².